The number of nitro groups is 1. The molecule has 31 heavy (non-hydrogen) atoms. The summed E-state index contributed by atoms with van der Waals surface area (Å²) in [6, 6.07) is 12.5. The second kappa shape index (κ2) is 10.1. The molecular formula is C21H24N6O3S. The number of nitro benzene ring substituents is 1. The Morgan fingerprint density at radius 2 is 2.06 bits per heavy atom. The molecule has 2 aromatic carbocycles. The molecule has 1 aromatic heterocycles. The zero-order valence-corrected chi connectivity index (χ0v) is 18.4. The smallest absolute Gasteiger partial charge is 0.284 e. The van der Waals surface area contributed by atoms with Gasteiger partial charge in [-0.1, -0.05) is 18.2 Å². The second-order valence-electron chi connectivity index (χ2n) is 6.89. The summed E-state index contributed by atoms with van der Waals surface area (Å²) in [7, 11) is 1.76. The van der Waals surface area contributed by atoms with E-state index in [-0.39, 0.29) is 17.2 Å². The van der Waals surface area contributed by atoms with Crippen molar-refractivity contribution >= 4 is 29.0 Å². The Labute approximate surface area is 184 Å². The number of hydrogen-bond acceptors (Lipinski definition) is 7. The summed E-state index contributed by atoms with van der Waals surface area (Å²) < 4.78 is 1.67. The average Bonchev–Trinajstić information content (AvgIpc) is 3.16. The van der Waals surface area contributed by atoms with Crippen LogP contribution in [0.4, 0.5) is 11.4 Å². The van der Waals surface area contributed by atoms with Crippen molar-refractivity contribution in [3.05, 3.63) is 70.0 Å². The first-order valence-corrected chi connectivity index (χ1v) is 10.6. The number of amides is 1. The molecule has 162 valence electrons. The van der Waals surface area contributed by atoms with Crippen molar-refractivity contribution in [2.75, 3.05) is 24.5 Å². The molecule has 0 saturated carbocycles. The number of nitrogens with one attached hydrogen (secondary N) is 1. The van der Waals surface area contributed by atoms with E-state index in [1.807, 2.05) is 12.1 Å². The highest BCUT2D eigenvalue weighted by Crippen LogP contribution is 2.34. The molecule has 0 spiro atoms. The van der Waals surface area contributed by atoms with Crippen molar-refractivity contribution < 1.29 is 9.72 Å². The van der Waals surface area contributed by atoms with Crippen LogP contribution in [0.25, 0.3) is 0 Å². The zero-order chi connectivity index (χ0) is 22.4. The van der Waals surface area contributed by atoms with Crippen LogP contribution in [0.15, 0.2) is 58.8 Å². The number of benzene rings is 2. The Bertz CT molecular complexity index is 1080. The first-order valence-electron chi connectivity index (χ1n) is 9.79. The van der Waals surface area contributed by atoms with E-state index in [0.29, 0.717) is 23.1 Å². The molecule has 0 unspecified atom stereocenters. The summed E-state index contributed by atoms with van der Waals surface area (Å²) in [5.41, 5.74) is 2.39. The first kappa shape index (κ1) is 22.3. The number of anilines is 1. The first-order chi connectivity index (χ1) is 14.9. The van der Waals surface area contributed by atoms with Gasteiger partial charge in [-0.2, -0.15) is 0 Å². The van der Waals surface area contributed by atoms with Crippen LogP contribution < -0.4 is 10.2 Å². The summed E-state index contributed by atoms with van der Waals surface area (Å²) in [4.78, 5) is 26.2. The predicted octanol–water partition coefficient (Wildman–Crippen LogP) is 3.44. The lowest BCUT2D eigenvalue weighted by Gasteiger charge is -2.25. The van der Waals surface area contributed by atoms with Crippen LogP contribution in [-0.4, -0.2) is 45.2 Å². The molecule has 9 nitrogen and oxygen atoms in total. The highest BCUT2D eigenvalue weighted by atomic mass is 32.2. The molecule has 0 aliphatic heterocycles. The molecule has 0 bridgehead atoms. The van der Waals surface area contributed by atoms with Crippen LogP contribution in [0.2, 0.25) is 0 Å². The van der Waals surface area contributed by atoms with E-state index in [1.54, 1.807) is 23.7 Å². The fourth-order valence-corrected chi connectivity index (χ4v) is 3.97. The van der Waals surface area contributed by atoms with Gasteiger partial charge in [-0.25, -0.2) is 0 Å². The normalized spacial score (nSPS) is 10.7. The van der Waals surface area contributed by atoms with Gasteiger partial charge in [0.05, 0.1) is 9.82 Å². The number of likely N-dealkylation sites (N-methyl/N-ethyl adjacent to an activating group) is 1. The highest BCUT2D eigenvalue weighted by molar-refractivity contribution is 7.99. The summed E-state index contributed by atoms with van der Waals surface area (Å²) in [6.45, 7) is 5.97. The van der Waals surface area contributed by atoms with Crippen molar-refractivity contribution in [1.82, 2.24) is 20.1 Å². The Balaban J connectivity index is 1.67. The maximum absolute atomic E-state index is 12.6. The van der Waals surface area contributed by atoms with E-state index in [2.05, 4.69) is 46.4 Å². The summed E-state index contributed by atoms with van der Waals surface area (Å²) in [6.07, 6.45) is 1.52. The average molecular weight is 441 g/mol. The molecule has 0 atom stereocenters. The molecular weight excluding hydrogens is 416 g/mol. The fraction of sp³-hybridized carbons (Fsp3) is 0.286. The lowest BCUT2D eigenvalue weighted by Crippen LogP contribution is -2.35. The third-order valence-electron chi connectivity index (χ3n) is 4.79. The number of hydrogen-bond donors (Lipinski definition) is 1. The van der Waals surface area contributed by atoms with Gasteiger partial charge in [0, 0.05) is 44.0 Å². The number of aryl methyl sites for hydroxylation is 2. The third kappa shape index (κ3) is 5.40. The number of rotatable bonds is 9. The molecule has 0 aliphatic rings. The minimum Gasteiger partial charge on any atom is -0.370 e. The number of carbonyl (C=O) groups is 1. The van der Waals surface area contributed by atoms with Crippen molar-refractivity contribution in [3.63, 3.8) is 0 Å². The minimum absolute atomic E-state index is 0.143. The Hall–Kier alpha value is -3.40. The molecule has 3 rings (SSSR count). The van der Waals surface area contributed by atoms with Crippen LogP contribution >= 0.6 is 11.8 Å². The Morgan fingerprint density at radius 1 is 1.29 bits per heavy atom. The van der Waals surface area contributed by atoms with Gasteiger partial charge in [-0.05, 0) is 49.4 Å². The van der Waals surface area contributed by atoms with E-state index in [0.717, 1.165) is 24.0 Å². The van der Waals surface area contributed by atoms with Gasteiger partial charge < -0.3 is 14.8 Å². The van der Waals surface area contributed by atoms with Gasteiger partial charge >= 0.3 is 0 Å². The van der Waals surface area contributed by atoms with Gasteiger partial charge in [-0.15, -0.1) is 10.2 Å². The van der Waals surface area contributed by atoms with Gasteiger partial charge in [0.25, 0.3) is 11.6 Å². The summed E-state index contributed by atoms with van der Waals surface area (Å²) in [5, 5.41) is 22.6. The molecule has 0 fully saturated rings. The quantitative estimate of drug-likeness (QED) is 0.401. The van der Waals surface area contributed by atoms with Crippen LogP contribution in [-0.2, 0) is 7.05 Å². The Kier molecular flexibility index (Phi) is 7.24. The number of aromatic nitrogens is 3. The third-order valence-corrected chi connectivity index (χ3v) is 5.91. The minimum atomic E-state index is -0.494. The summed E-state index contributed by atoms with van der Waals surface area (Å²) >= 11 is 1.13. The molecule has 1 amide bonds. The van der Waals surface area contributed by atoms with E-state index in [4.69, 9.17) is 0 Å². The highest BCUT2D eigenvalue weighted by Gasteiger charge is 2.20. The number of nitrogens with zero attached hydrogens (tertiary/aromatic N) is 5. The van der Waals surface area contributed by atoms with Crippen LogP contribution in [0.1, 0.15) is 22.8 Å². The fourth-order valence-electron chi connectivity index (χ4n) is 3.12. The molecule has 0 radical (unpaired) electrons. The van der Waals surface area contributed by atoms with Gasteiger partial charge in [0.15, 0.2) is 5.16 Å². The maximum atomic E-state index is 12.6. The van der Waals surface area contributed by atoms with Crippen LogP contribution in [0.5, 0.6) is 0 Å². The van der Waals surface area contributed by atoms with Gasteiger partial charge in [0.1, 0.15) is 6.33 Å². The van der Waals surface area contributed by atoms with E-state index in [9.17, 15) is 14.9 Å². The summed E-state index contributed by atoms with van der Waals surface area (Å²) in [5.74, 6) is -0.348. The van der Waals surface area contributed by atoms with E-state index >= 15 is 0 Å². The van der Waals surface area contributed by atoms with Crippen LogP contribution in [0, 0.1) is 17.0 Å². The van der Waals surface area contributed by atoms with Crippen LogP contribution in [0.3, 0.4) is 0 Å². The molecule has 10 heteroatoms. The molecule has 0 aliphatic carbocycles. The topological polar surface area (TPSA) is 106 Å². The van der Waals surface area contributed by atoms with E-state index < -0.39 is 4.92 Å². The monoisotopic (exact) mass is 440 g/mol. The Morgan fingerprint density at radius 3 is 2.71 bits per heavy atom. The zero-order valence-electron chi connectivity index (χ0n) is 17.6. The van der Waals surface area contributed by atoms with Crippen molar-refractivity contribution in [3.8, 4) is 0 Å². The molecule has 0 saturated heterocycles. The SMILES string of the molecule is CCN(CCNC(=O)c1ccc(Sc2nncn2C)c([N+](=O)[O-])c1)c1ccccc1C. The largest absolute Gasteiger partial charge is 0.370 e. The standard InChI is InChI=1S/C21H24N6O3S/c1-4-26(17-8-6-5-7-15(17)2)12-11-22-20(28)16-9-10-19(18(13-16)27(29)30)31-21-24-23-14-25(21)3/h5-10,13-14H,4,11-12H2,1-3H3,(H,22,28). The molecule has 1 N–H and O–H groups in total. The van der Waals surface area contributed by atoms with E-state index in [1.165, 1.54) is 18.0 Å². The lowest BCUT2D eigenvalue weighted by atomic mass is 10.1. The lowest BCUT2D eigenvalue weighted by molar-refractivity contribution is -0.387. The maximum Gasteiger partial charge on any atom is 0.284 e. The van der Waals surface area contributed by atoms with Crippen molar-refractivity contribution in [2.24, 2.45) is 7.05 Å². The predicted molar refractivity (Wildman–Crippen MR) is 120 cm³/mol. The van der Waals surface area contributed by atoms with Crippen molar-refractivity contribution in [1.29, 1.82) is 0 Å². The molecule has 3 aromatic rings. The van der Waals surface area contributed by atoms with Crippen molar-refractivity contribution in [2.45, 2.75) is 23.9 Å². The molecule has 1 heterocycles. The van der Waals surface area contributed by atoms with Gasteiger partial charge in [0.2, 0.25) is 0 Å². The van der Waals surface area contributed by atoms with Gasteiger partial charge in [-0.3, -0.25) is 14.9 Å². The second-order valence-corrected chi connectivity index (χ2v) is 7.90. The number of carbonyl (C=O) groups excluding carboxylic acids is 1. The number of para-hydroxylation sites is 1.